The van der Waals surface area contributed by atoms with E-state index in [1.165, 1.54) is 31.2 Å². The molecule has 190 valence electrons. The van der Waals surface area contributed by atoms with Crippen molar-refractivity contribution in [3.63, 3.8) is 0 Å². The lowest BCUT2D eigenvalue weighted by Crippen LogP contribution is -2.50. The number of ether oxygens (including phenoxy) is 1. The second kappa shape index (κ2) is 11.7. The van der Waals surface area contributed by atoms with Gasteiger partial charge in [-0.2, -0.15) is 0 Å². The maximum atomic E-state index is 13.7. The number of amides is 2. The first-order valence-corrected chi connectivity index (χ1v) is 12.9. The molecule has 2 amide bonds. The van der Waals surface area contributed by atoms with E-state index in [2.05, 4.69) is 5.32 Å². The van der Waals surface area contributed by atoms with E-state index in [0.29, 0.717) is 11.4 Å². The van der Waals surface area contributed by atoms with E-state index in [4.69, 9.17) is 4.74 Å². The predicted molar refractivity (Wildman–Crippen MR) is 139 cm³/mol. The molecule has 3 aromatic carbocycles. The molecule has 0 aliphatic heterocycles. The number of nitrogens with one attached hydrogen (secondary N) is 1. The van der Waals surface area contributed by atoms with Crippen molar-refractivity contribution in [2.45, 2.75) is 31.3 Å². The third kappa shape index (κ3) is 6.23. The molecular formula is C27H31N3O5S. The normalized spacial score (nSPS) is 11.9. The van der Waals surface area contributed by atoms with Crippen LogP contribution in [0.4, 0.5) is 5.69 Å². The van der Waals surface area contributed by atoms with Crippen molar-refractivity contribution < 1.29 is 22.7 Å². The van der Waals surface area contributed by atoms with Gasteiger partial charge in [-0.3, -0.25) is 13.9 Å². The van der Waals surface area contributed by atoms with Gasteiger partial charge in [0.1, 0.15) is 18.3 Å². The molecule has 9 heteroatoms. The van der Waals surface area contributed by atoms with Crippen LogP contribution in [-0.4, -0.2) is 51.9 Å². The van der Waals surface area contributed by atoms with Crippen molar-refractivity contribution in [2.24, 2.45) is 0 Å². The van der Waals surface area contributed by atoms with Crippen molar-refractivity contribution in [3.05, 3.63) is 90.0 Å². The lowest BCUT2D eigenvalue weighted by Gasteiger charge is -2.31. The van der Waals surface area contributed by atoms with E-state index in [0.717, 1.165) is 15.4 Å². The molecule has 1 unspecified atom stereocenters. The largest absolute Gasteiger partial charge is 0.497 e. The standard InChI is InChI=1S/C27H31N3O5S/c1-20-10-12-22(13-11-20)18-29(21(2)27(32)28-3)26(31)19-30(23-14-16-24(35-4)17-15-23)36(33,34)25-8-6-5-7-9-25/h5-17,21H,18-19H2,1-4H3,(H,28,32). The van der Waals surface area contributed by atoms with Gasteiger partial charge in [-0.15, -0.1) is 0 Å². The Bertz CT molecular complexity index is 1280. The molecule has 0 aliphatic carbocycles. The van der Waals surface area contributed by atoms with Crippen LogP contribution >= 0.6 is 0 Å². The van der Waals surface area contributed by atoms with Crippen molar-refractivity contribution in [1.29, 1.82) is 0 Å². The second-order valence-electron chi connectivity index (χ2n) is 8.32. The summed E-state index contributed by atoms with van der Waals surface area (Å²) in [7, 11) is -1.08. The second-order valence-corrected chi connectivity index (χ2v) is 10.2. The van der Waals surface area contributed by atoms with Gasteiger partial charge >= 0.3 is 0 Å². The number of anilines is 1. The Morgan fingerprint density at radius 1 is 0.944 bits per heavy atom. The summed E-state index contributed by atoms with van der Waals surface area (Å²) in [6, 6.07) is 21.1. The molecule has 3 rings (SSSR count). The van der Waals surface area contributed by atoms with Gasteiger partial charge in [-0.1, -0.05) is 48.0 Å². The Morgan fingerprint density at radius 3 is 2.11 bits per heavy atom. The molecule has 8 nitrogen and oxygen atoms in total. The monoisotopic (exact) mass is 509 g/mol. The van der Waals surface area contributed by atoms with Gasteiger partial charge in [0, 0.05) is 13.6 Å². The predicted octanol–water partition coefficient (Wildman–Crippen LogP) is 3.36. The van der Waals surface area contributed by atoms with Crippen LogP contribution in [0.3, 0.4) is 0 Å². The highest BCUT2D eigenvalue weighted by atomic mass is 32.2. The molecule has 1 atom stereocenters. The van der Waals surface area contributed by atoms with E-state index < -0.39 is 28.5 Å². The summed E-state index contributed by atoms with van der Waals surface area (Å²) in [6.07, 6.45) is 0. The van der Waals surface area contributed by atoms with Crippen molar-refractivity contribution >= 4 is 27.5 Å². The van der Waals surface area contributed by atoms with Crippen LogP contribution in [0.5, 0.6) is 5.75 Å². The Hall–Kier alpha value is -3.85. The summed E-state index contributed by atoms with van der Waals surface area (Å²) < 4.78 is 33.5. The average molecular weight is 510 g/mol. The smallest absolute Gasteiger partial charge is 0.264 e. The van der Waals surface area contributed by atoms with Crippen LogP contribution in [0.1, 0.15) is 18.1 Å². The zero-order valence-electron chi connectivity index (χ0n) is 20.8. The first kappa shape index (κ1) is 26.7. The van der Waals surface area contributed by atoms with E-state index >= 15 is 0 Å². The van der Waals surface area contributed by atoms with Gasteiger partial charge in [-0.05, 0) is 55.8 Å². The van der Waals surface area contributed by atoms with Crippen molar-refractivity contribution in [3.8, 4) is 5.75 Å². The lowest BCUT2D eigenvalue weighted by molar-refractivity contribution is -0.139. The van der Waals surface area contributed by atoms with E-state index in [1.54, 1.807) is 49.4 Å². The minimum atomic E-state index is -4.09. The van der Waals surface area contributed by atoms with E-state index in [1.807, 2.05) is 31.2 Å². The lowest BCUT2D eigenvalue weighted by atomic mass is 10.1. The molecule has 0 saturated heterocycles. The van der Waals surface area contributed by atoms with Gasteiger partial charge in [0.15, 0.2) is 0 Å². The number of carbonyl (C=O) groups is 2. The first-order valence-electron chi connectivity index (χ1n) is 11.5. The number of methoxy groups -OCH3 is 1. The maximum Gasteiger partial charge on any atom is 0.264 e. The highest BCUT2D eigenvalue weighted by Gasteiger charge is 2.32. The number of benzene rings is 3. The van der Waals surface area contributed by atoms with Crippen LogP contribution in [0.2, 0.25) is 0 Å². The van der Waals surface area contributed by atoms with Crippen LogP contribution in [0.15, 0.2) is 83.8 Å². The van der Waals surface area contributed by atoms with Crippen LogP contribution in [0.25, 0.3) is 0 Å². The zero-order chi connectivity index (χ0) is 26.3. The van der Waals surface area contributed by atoms with Gasteiger partial charge in [-0.25, -0.2) is 8.42 Å². The summed E-state index contributed by atoms with van der Waals surface area (Å²) in [5.41, 5.74) is 2.19. The molecule has 0 spiro atoms. The van der Waals surface area contributed by atoms with Gasteiger partial charge < -0.3 is 15.0 Å². The van der Waals surface area contributed by atoms with E-state index in [9.17, 15) is 18.0 Å². The molecule has 0 radical (unpaired) electrons. The third-order valence-corrected chi connectivity index (χ3v) is 7.65. The summed E-state index contributed by atoms with van der Waals surface area (Å²) in [6.45, 7) is 3.24. The van der Waals surface area contributed by atoms with Gasteiger partial charge in [0.05, 0.1) is 17.7 Å². The summed E-state index contributed by atoms with van der Waals surface area (Å²) in [5, 5.41) is 2.57. The topological polar surface area (TPSA) is 96.0 Å². The van der Waals surface area contributed by atoms with Crippen molar-refractivity contribution in [1.82, 2.24) is 10.2 Å². The molecule has 0 heterocycles. The molecule has 3 aromatic rings. The first-order chi connectivity index (χ1) is 17.2. The number of rotatable bonds is 10. The Labute approximate surface area is 212 Å². The SMILES string of the molecule is CNC(=O)C(C)N(Cc1ccc(C)cc1)C(=O)CN(c1ccc(OC)cc1)S(=O)(=O)c1ccccc1. The minimum absolute atomic E-state index is 0.0538. The van der Waals surface area contributed by atoms with Crippen molar-refractivity contribution in [2.75, 3.05) is 25.0 Å². The van der Waals surface area contributed by atoms with Crippen LogP contribution in [0, 0.1) is 6.92 Å². The van der Waals surface area contributed by atoms with Crippen LogP contribution < -0.4 is 14.4 Å². The summed E-state index contributed by atoms with van der Waals surface area (Å²) >= 11 is 0. The molecular weight excluding hydrogens is 478 g/mol. The van der Waals surface area contributed by atoms with Gasteiger partial charge in [0.2, 0.25) is 11.8 Å². The summed E-state index contributed by atoms with van der Waals surface area (Å²) in [4.78, 5) is 27.6. The fourth-order valence-electron chi connectivity index (χ4n) is 3.68. The highest BCUT2D eigenvalue weighted by Crippen LogP contribution is 2.26. The van der Waals surface area contributed by atoms with E-state index in [-0.39, 0.29) is 17.3 Å². The third-order valence-electron chi connectivity index (χ3n) is 5.86. The number of likely N-dealkylation sites (N-methyl/N-ethyl adjacent to an activating group) is 1. The minimum Gasteiger partial charge on any atom is -0.497 e. The summed E-state index contributed by atoms with van der Waals surface area (Å²) in [5.74, 6) is -0.309. The molecule has 0 saturated carbocycles. The number of carbonyl (C=O) groups excluding carboxylic acids is 2. The fourth-order valence-corrected chi connectivity index (χ4v) is 5.11. The average Bonchev–Trinajstić information content (AvgIpc) is 2.90. The Morgan fingerprint density at radius 2 is 1.56 bits per heavy atom. The Balaban J connectivity index is 2.01. The molecule has 36 heavy (non-hydrogen) atoms. The number of nitrogens with zero attached hydrogens (tertiary/aromatic N) is 2. The molecule has 0 fully saturated rings. The molecule has 0 bridgehead atoms. The number of sulfonamides is 1. The number of aryl methyl sites for hydroxylation is 1. The number of hydrogen-bond acceptors (Lipinski definition) is 5. The highest BCUT2D eigenvalue weighted by molar-refractivity contribution is 7.92. The number of hydrogen-bond donors (Lipinski definition) is 1. The maximum absolute atomic E-state index is 13.7. The molecule has 0 aromatic heterocycles. The van der Waals surface area contributed by atoms with Gasteiger partial charge in [0.25, 0.3) is 10.0 Å². The zero-order valence-corrected chi connectivity index (χ0v) is 21.7. The molecule has 1 N–H and O–H groups in total. The Kier molecular flexibility index (Phi) is 8.71. The van der Waals surface area contributed by atoms with Crippen LogP contribution in [-0.2, 0) is 26.2 Å². The fraction of sp³-hybridized carbons (Fsp3) is 0.259. The quantitative estimate of drug-likeness (QED) is 0.452. The molecule has 0 aliphatic rings.